The van der Waals surface area contributed by atoms with Crippen molar-refractivity contribution in [2.24, 2.45) is 13.0 Å². The summed E-state index contributed by atoms with van der Waals surface area (Å²) in [7, 11) is 1.99. The number of amides is 1. The summed E-state index contributed by atoms with van der Waals surface area (Å²) in [4.78, 5) is 28.7. The molecule has 4 aromatic rings. The molecule has 2 N–H and O–H groups in total. The number of anilines is 3. The number of carbonyl (C=O) groups is 1. The topological polar surface area (TPSA) is 97.2 Å². The van der Waals surface area contributed by atoms with Crippen LogP contribution in [0.3, 0.4) is 0 Å². The molecule has 1 aliphatic carbocycles. The number of aryl methyl sites for hydroxylation is 1. The predicted octanol–water partition coefficient (Wildman–Crippen LogP) is 3.75. The van der Waals surface area contributed by atoms with Gasteiger partial charge in [-0.3, -0.25) is 4.79 Å². The highest BCUT2D eigenvalue weighted by molar-refractivity contribution is 5.94. The fourth-order valence-corrected chi connectivity index (χ4v) is 4.35. The molecule has 1 saturated heterocycles. The molecule has 2 aliphatic rings. The zero-order valence-electron chi connectivity index (χ0n) is 20.3. The van der Waals surface area contributed by atoms with E-state index in [1.165, 1.54) is 12.8 Å². The average molecular weight is 484 g/mol. The minimum absolute atomic E-state index is 0.0297. The number of ether oxygens (including phenoxy) is 1. The summed E-state index contributed by atoms with van der Waals surface area (Å²) >= 11 is 0. The fraction of sp³-hybridized carbons (Fsp3) is 0.333. The molecule has 0 bridgehead atoms. The third-order valence-electron chi connectivity index (χ3n) is 6.70. The SMILES string of the molecule is Cn1cnc2ccc(-c3cc(Nc4ccc(C(=O)NCC5CC5)cc4)nc(N4CCOCC4)n3)cc21. The number of benzene rings is 2. The highest BCUT2D eigenvalue weighted by Crippen LogP contribution is 2.29. The molecule has 184 valence electrons. The van der Waals surface area contributed by atoms with Gasteiger partial charge < -0.3 is 24.8 Å². The van der Waals surface area contributed by atoms with E-state index in [9.17, 15) is 4.79 Å². The van der Waals surface area contributed by atoms with Crippen LogP contribution in [-0.2, 0) is 11.8 Å². The van der Waals surface area contributed by atoms with Crippen molar-refractivity contribution in [1.29, 1.82) is 0 Å². The average Bonchev–Trinajstić information content (AvgIpc) is 3.69. The van der Waals surface area contributed by atoms with Gasteiger partial charge >= 0.3 is 0 Å². The highest BCUT2D eigenvalue weighted by Gasteiger charge is 2.22. The van der Waals surface area contributed by atoms with Crippen LogP contribution in [0, 0.1) is 5.92 Å². The van der Waals surface area contributed by atoms with Gasteiger partial charge in [-0.05, 0) is 55.2 Å². The molecule has 2 aromatic heterocycles. The van der Waals surface area contributed by atoms with Crippen molar-refractivity contribution in [2.45, 2.75) is 12.8 Å². The lowest BCUT2D eigenvalue weighted by molar-refractivity contribution is 0.0952. The first kappa shape index (κ1) is 22.5. The lowest BCUT2D eigenvalue weighted by atomic mass is 10.1. The molecule has 0 unspecified atom stereocenters. The molecule has 36 heavy (non-hydrogen) atoms. The van der Waals surface area contributed by atoms with Crippen molar-refractivity contribution in [2.75, 3.05) is 43.1 Å². The van der Waals surface area contributed by atoms with Crippen LogP contribution in [0.4, 0.5) is 17.5 Å². The maximum Gasteiger partial charge on any atom is 0.251 e. The zero-order chi connectivity index (χ0) is 24.5. The van der Waals surface area contributed by atoms with Crippen LogP contribution in [0.1, 0.15) is 23.2 Å². The van der Waals surface area contributed by atoms with Crippen molar-refractivity contribution >= 4 is 34.4 Å². The van der Waals surface area contributed by atoms with Crippen LogP contribution in [-0.4, -0.2) is 58.3 Å². The zero-order valence-corrected chi connectivity index (χ0v) is 20.3. The summed E-state index contributed by atoms with van der Waals surface area (Å²) in [6.45, 7) is 3.56. The summed E-state index contributed by atoms with van der Waals surface area (Å²) < 4.78 is 7.53. The Kier molecular flexibility index (Phi) is 5.98. The number of nitrogens with one attached hydrogen (secondary N) is 2. The van der Waals surface area contributed by atoms with Gasteiger partial charge in [0.25, 0.3) is 5.91 Å². The van der Waals surface area contributed by atoms with Gasteiger partial charge in [0.05, 0.1) is 36.3 Å². The fourth-order valence-electron chi connectivity index (χ4n) is 4.35. The number of hydrogen-bond acceptors (Lipinski definition) is 7. The second-order valence-electron chi connectivity index (χ2n) is 9.45. The minimum Gasteiger partial charge on any atom is -0.378 e. The van der Waals surface area contributed by atoms with Gasteiger partial charge in [0.2, 0.25) is 5.95 Å². The second kappa shape index (κ2) is 9.58. The Bertz CT molecular complexity index is 1390. The third-order valence-corrected chi connectivity index (χ3v) is 6.70. The summed E-state index contributed by atoms with van der Waals surface area (Å²) in [5.41, 5.74) is 5.32. The lowest BCUT2D eigenvalue weighted by Crippen LogP contribution is -2.37. The first-order valence-corrected chi connectivity index (χ1v) is 12.4. The second-order valence-corrected chi connectivity index (χ2v) is 9.45. The Morgan fingerprint density at radius 1 is 1.06 bits per heavy atom. The number of fused-ring (bicyclic) bond motifs is 1. The molecule has 0 atom stereocenters. The van der Waals surface area contributed by atoms with E-state index in [1.807, 2.05) is 60.4 Å². The van der Waals surface area contributed by atoms with E-state index < -0.39 is 0 Å². The van der Waals surface area contributed by atoms with E-state index in [0.29, 0.717) is 36.5 Å². The van der Waals surface area contributed by atoms with E-state index in [4.69, 9.17) is 14.7 Å². The first-order chi connectivity index (χ1) is 17.6. The standard InChI is InChI=1S/C27H29N7O2/c1-33-17-29-22-9-6-20(14-24(22)33)23-15-25(32-27(31-23)34-10-12-36-13-11-34)30-21-7-4-19(5-8-21)26(35)28-16-18-2-3-18/h4-9,14-15,17-18H,2-3,10-13,16H2,1H3,(H,28,35)(H,30,31,32). The number of rotatable bonds is 7. The van der Waals surface area contributed by atoms with Crippen LogP contribution in [0.2, 0.25) is 0 Å². The maximum atomic E-state index is 12.4. The molecule has 6 rings (SSSR count). The Morgan fingerprint density at radius 2 is 1.86 bits per heavy atom. The van der Waals surface area contributed by atoms with Crippen LogP contribution in [0.25, 0.3) is 22.3 Å². The Hall–Kier alpha value is -3.98. The van der Waals surface area contributed by atoms with Crippen LogP contribution < -0.4 is 15.5 Å². The molecule has 1 amide bonds. The summed E-state index contributed by atoms with van der Waals surface area (Å²) in [6, 6.07) is 15.6. The maximum absolute atomic E-state index is 12.4. The molecule has 1 aliphatic heterocycles. The van der Waals surface area contributed by atoms with Crippen LogP contribution >= 0.6 is 0 Å². The molecule has 2 fully saturated rings. The number of imidazole rings is 1. The molecular formula is C27H29N7O2. The van der Waals surface area contributed by atoms with Gasteiger partial charge in [-0.25, -0.2) is 9.97 Å². The van der Waals surface area contributed by atoms with Crippen molar-refractivity contribution in [3.8, 4) is 11.3 Å². The van der Waals surface area contributed by atoms with E-state index in [1.54, 1.807) is 0 Å². The smallest absolute Gasteiger partial charge is 0.251 e. The Morgan fingerprint density at radius 3 is 2.64 bits per heavy atom. The normalized spacial score (nSPS) is 15.8. The van der Waals surface area contributed by atoms with Gasteiger partial charge in [-0.2, -0.15) is 4.98 Å². The quantitative estimate of drug-likeness (QED) is 0.413. The van der Waals surface area contributed by atoms with Crippen molar-refractivity contribution in [1.82, 2.24) is 24.8 Å². The molecule has 0 radical (unpaired) electrons. The monoisotopic (exact) mass is 483 g/mol. The van der Waals surface area contributed by atoms with E-state index in [2.05, 4.69) is 26.6 Å². The first-order valence-electron chi connectivity index (χ1n) is 12.4. The molecule has 3 heterocycles. The number of carbonyl (C=O) groups excluding carboxylic acids is 1. The summed E-state index contributed by atoms with van der Waals surface area (Å²) in [5.74, 6) is 1.98. The van der Waals surface area contributed by atoms with Crippen molar-refractivity contribution < 1.29 is 9.53 Å². The van der Waals surface area contributed by atoms with Crippen molar-refractivity contribution in [3.05, 3.63) is 60.4 Å². The van der Waals surface area contributed by atoms with Gasteiger partial charge in [-0.1, -0.05) is 6.07 Å². The molecule has 9 heteroatoms. The minimum atomic E-state index is -0.0297. The van der Waals surface area contributed by atoms with Gasteiger partial charge in [0.15, 0.2) is 0 Å². The van der Waals surface area contributed by atoms with Gasteiger partial charge in [0, 0.05) is 49.6 Å². The van der Waals surface area contributed by atoms with Crippen molar-refractivity contribution in [3.63, 3.8) is 0 Å². The Labute approximate surface area is 209 Å². The van der Waals surface area contributed by atoms with Crippen LogP contribution in [0.5, 0.6) is 0 Å². The summed E-state index contributed by atoms with van der Waals surface area (Å²) in [6.07, 6.45) is 4.25. The Balaban J connectivity index is 1.28. The molecule has 2 aromatic carbocycles. The third kappa shape index (κ3) is 4.87. The largest absolute Gasteiger partial charge is 0.378 e. The highest BCUT2D eigenvalue weighted by atomic mass is 16.5. The van der Waals surface area contributed by atoms with E-state index in [-0.39, 0.29) is 5.91 Å². The summed E-state index contributed by atoms with van der Waals surface area (Å²) in [5, 5.41) is 6.42. The predicted molar refractivity (Wildman–Crippen MR) is 140 cm³/mol. The lowest BCUT2D eigenvalue weighted by Gasteiger charge is -2.27. The van der Waals surface area contributed by atoms with Gasteiger partial charge in [0.1, 0.15) is 5.82 Å². The van der Waals surface area contributed by atoms with Crippen LogP contribution in [0.15, 0.2) is 54.9 Å². The number of hydrogen-bond donors (Lipinski definition) is 2. The molecule has 0 spiro atoms. The number of morpholine rings is 1. The molecule has 9 nitrogen and oxygen atoms in total. The molecule has 1 saturated carbocycles. The van der Waals surface area contributed by atoms with Gasteiger partial charge in [-0.15, -0.1) is 0 Å². The van der Waals surface area contributed by atoms with E-state index in [0.717, 1.165) is 47.6 Å². The van der Waals surface area contributed by atoms with E-state index >= 15 is 0 Å². The molecular weight excluding hydrogens is 454 g/mol. The number of nitrogens with zero attached hydrogens (tertiary/aromatic N) is 5. The number of aromatic nitrogens is 4.